The fourth-order valence-electron chi connectivity index (χ4n) is 4.10. The van der Waals surface area contributed by atoms with Crippen LogP contribution in [0.15, 0.2) is 78.0 Å². The van der Waals surface area contributed by atoms with Crippen molar-refractivity contribution in [1.82, 2.24) is 19.5 Å². The second-order valence-electron chi connectivity index (χ2n) is 8.68. The Morgan fingerprint density at radius 2 is 1.85 bits per heavy atom. The van der Waals surface area contributed by atoms with E-state index in [9.17, 15) is 18.0 Å². The molecule has 1 fully saturated rings. The number of nitrogens with one attached hydrogen (secondary N) is 2. The monoisotopic (exact) mass is 548 g/mol. The molecule has 2 aromatic carbocycles. The molecule has 1 saturated heterocycles. The number of anilines is 1. The number of carbonyl (C=O) groups is 2. The third-order valence-electron chi connectivity index (χ3n) is 6.12. The van der Waals surface area contributed by atoms with E-state index in [4.69, 9.17) is 10.00 Å². The predicted molar refractivity (Wildman–Crippen MR) is 143 cm³/mol. The minimum atomic E-state index is -4.10. The maximum atomic E-state index is 13.6. The van der Waals surface area contributed by atoms with Crippen LogP contribution in [-0.4, -0.2) is 66.8 Å². The van der Waals surface area contributed by atoms with Crippen LogP contribution in [0.5, 0.6) is 5.75 Å². The van der Waals surface area contributed by atoms with Crippen LogP contribution in [0.4, 0.5) is 10.5 Å². The summed E-state index contributed by atoms with van der Waals surface area (Å²) in [6.45, 7) is 2.37. The van der Waals surface area contributed by atoms with Crippen LogP contribution >= 0.6 is 0 Å². The second-order valence-corrected chi connectivity index (χ2v) is 10.6. The fraction of sp³-hybridized carbons (Fsp3) is 0.259. The van der Waals surface area contributed by atoms with Gasteiger partial charge in [0.05, 0.1) is 23.1 Å². The van der Waals surface area contributed by atoms with Crippen molar-refractivity contribution in [3.63, 3.8) is 0 Å². The highest BCUT2D eigenvalue weighted by atomic mass is 32.2. The number of pyridine rings is 1. The van der Waals surface area contributed by atoms with Crippen LogP contribution in [0.3, 0.4) is 0 Å². The summed E-state index contributed by atoms with van der Waals surface area (Å²) in [5.41, 5.74) is 1.59. The Morgan fingerprint density at radius 1 is 1.10 bits per heavy atom. The zero-order chi connectivity index (χ0) is 27.8. The van der Waals surface area contributed by atoms with Gasteiger partial charge in [-0.05, 0) is 67.1 Å². The maximum absolute atomic E-state index is 13.6. The molecule has 2 N–H and O–H groups in total. The molecule has 3 amide bonds. The quantitative estimate of drug-likeness (QED) is 0.440. The normalized spacial score (nSPS) is 15.7. The highest BCUT2D eigenvalue weighted by Crippen LogP contribution is 2.23. The van der Waals surface area contributed by atoms with Crippen molar-refractivity contribution in [2.75, 3.05) is 31.6 Å². The molecule has 0 bridgehead atoms. The summed E-state index contributed by atoms with van der Waals surface area (Å²) in [4.78, 5) is 31.8. The molecule has 1 aliphatic rings. The van der Waals surface area contributed by atoms with Crippen LogP contribution in [-0.2, 0) is 21.4 Å². The number of aromatic nitrogens is 1. The van der Waals surface area contributed by atoms with Gasteiger partial charge in [0.15, 0.2) is 0 Å². The van der Waals surface area contributed by atoms with Crippen LogP contribution in [0, 0.1) is 11.3 Å². The van der Waals surface area contributed by atoms with E-state index in [1.807, 2.05) is 13.0 Å². The summed E-state index contributed by atoms with van der Waals surface area (Å²) < 4.78 is 33.6. The molecule has 0 saturated carbocycles. The number of ether oxygens (including phenoxy) is 1. The Kier molecular flexibility index (Phi) is 8.75. The van der Waals surface area contributed by atoms with Gasteiger partial charge in [-0.3, -0.25) is 9.78 Å². The Hall–Kier alpha value is -4.47. The van der Waals surface area contributed by atoms with Crippen LogP contribution in [0.25, 0.3) is 0 Å². The average molecular weight is 549 g/mol. The molecular weight excluding hydrogens is 520 g/mol. The molecule has 202 valence electrons. The summed E-state index contributed by atoms with van der Waals surface area (Å²) in [6, 6.07) is 16.2. The number of sulfonamides is 1. The summed E-state index contributed by atoms with van der Waals surface area (Å²) >= 11 is 0. The van der Waals surface area contributed by atoms with E-state index in [0.29, 0.717) is 23.6 Å². The minimum Gasteiger partial charge on any atom is -0.494 e. The van der Waals surface area contributed by atoms with E-state index in [-0.39, 0.29) is 31.1 Å². The molecule has 4 rings (SSSR count). The number of hydrogen-bond donors (Lipinski definition) is 2. The number of urea groups is 1. The average Bonchev–Trinajstić information content (AvgIpc) is 2.97. The Morgan fingerprint density at radius 3 is 2.49 bits per heavy atom. The second kappa shape index (κ2) is 12.4. The van der Waals surface area contributed by atoms with Gasteiger partial charge in [-0.15, -0.1) is 0 Å². The third kappa shape index (κ3) is 6.70. The first kappa shape index (κ1) is 27.6. The summed E-state index contributed by atoms with van der Waals surface area (Å²) in [5.74, 6) is 0.122. The molecule has 0 aliphatic carbocycles. The first-order valence-electron chi connectivity index (χ1n) is 12.3. The predicted octanol–water partition coefficient (Wildman–Crippen LogP) is 2.58. The highest BCUT2D eigenvalue weighted by molar-refractivity contribution is 7.89. The van der Waals surface area contributed by atoms with Gasteiger partial charge in [0.1, 0.15) is 11.8 Å². The molecule has 0 spiro atoms. The zero-order valence-electron chi connectivity index (χ0n) is 21.3. The molecule has 1 aliphatic heterocycles. The number of carbonyl (C=O) groups excluding carboxylic acids is 2. The van der Waals surface area contributed by atoms with Crippen LogP contribution < -0.4 is 15.4 Å². The van der Waals surface area contributed by atoms with Gasteiger partial charge in [0.2, 0.25) is 15.9 Å². The molecule has 11 nitrogen and oxygen atoms in total. The van der Waals surface area contributed by atoms with Gasteiger partial charge >= 0.3 is 6.03 Å². The van der Waals surface area contributed by atoms with Gasteiger partial charge in [-0.1, -0.05) is 6.07 Å². The van der Waals surface area contributed by atoms with Crippen molar-refractivity contribution in [1.29, 1.82) is 5.26 Å². The molecule has 0 radical (unpaired) electrons. The van der Waals surface area contributed by atoms with Crippen molar-refractivity contribution >= 4 is 27.6 Å². The molecular formula is C27H28N6O5S. The summed E-state index contributed by atoms with van der Waals surface area (Å²) in [6.07, 6.45) is 3.21. The van der Waals surface area contributed by atoms with Gasteiger partial charge in [0.25, 0.3) is 0 Å². The van der Waals surface area contributed by atoms with E-state index in [1.54, 1.807) is 48.8 Å². The van der Waals surface area contributed by atoms with E-state index < -0.39 is 28.0 Å². The summed E-state index contributed by atoms with van der Waals surface area (Å²) in [7, 11) is -4.10. The smallest absolute Gasteiger partial charge is 0.321 e. The van der Waals surface area contributed by atoms with Crippen molar-refractivity contribution in [2.45, 2.75) is 24.4 Å². The molecule has 2 heterocycles. The lowest BCUT2D eigenvalue weighted by Gasteiger charge is -2.39. The lowest BCUT2D eigenvalue weighted by Crippen LogP contribution is -2.61. The molecule has 1 atom stereocenters. The van der Waals surface area contributed by atoms with E-state index in [2.05, 4.69) is 15.6 Å². The third-order valence-corrected chi connectivity index (χ3v) is 8.04. The summed E-state index contributed by atoms with van der Waals surface area (Å²) in [5, 5.41) is 14.6. The zero-order valence-corrected chi connectivity index (χ0v) is 22.1. The molecule has 12 heteroatoms. The van der Waals surface area contributed by atoms with Crippen molar-refractivity contribution in [3.8, 4) is 11.8 Å². The first-order valence-corrected chi connectivity index (χ1v) is 13.7. The lowest BCUT2D eigenvalue weighted by atomic mass is 10.2. The largest absolute Gasteiger partial charge is 0.494 e. The Labute approximate surface area is 227 Å². The molecule has 3 aromatic rings. The number of piperazine rings is 1. The SMILES string of the molecule is CCOc1ccc(NC(=O)N2CCN(S(=O)(=O)c3ccc(C#N)cc3)C(C(=O)NCc3cccnc3)C2)cc1. The van der Waals surface area contributed by atoms with E-state index in [1.165, 1.54) is 29.2 Å². The number of nitrogens with zero attached hydrogens (tertiary/aromatic N) is 4. The van der Waals surface area contributed by atoms with Gasteiger partial charge in [0, 0.05) is 44.3 Å². The highest BCUT2D eigenvalue weighted by Gasteiger charge is 2.41. The molecule has 1 unspecified atom stereocenters. The number of benzene rings is 2. The van der Waals surface area contributed by atoms with Crippen molar-refractivity contribution in [2.24, 2.45) is 0 Å². The first-order chi connectivity index (χ1) is 18.8. The minimum absolute atomic E-state index is 0.0427. The van der Waals surface area contributed by atoms with Crippen molar-refractivity contribution < 1.29 is 22.7 Å². The standard InChI is InChI=1S/C27H28N6O5S/c1-2-38-23-9-7-22(8-10-23)31-27(35)32-14-15-33(39(36,37)24-11-5-20(16-28)6-12-24)25(19-32)26(34)30-18-21-4-3-13-29-17-21/h3-13,17,25H,2,14-15,18-19H2,1H3,(H,30,34)(H,31,35). The number of hydrogen-bond acceptors (Lipinski definition) is 7. The van der Waals surface area contributed by atoms with Crippen LogP contribution in [0.1, 0.15) is 18.1 Å². The topological polar surface area (TPSA) is 145 Å². The number of amides is 3. The fourth-order valence-corrected chi connectivity index (χ4v) is 5.67. The van der Waals surface area contributed by atoms with E-state index >= 15 is 0 Å². The van der Waals surface area contributed by atoms with Crippen molar-refractivity contribution in [3.05, 3.63) is 84.2 Å². The number of rotatable bonds is 8. The Balaban J connectivity index is 1.53. The van der Waals surface area contributed by atoms with Crippen LogP contribution in [0.2, 0.25) is 0 Å². The lowest BCUT2D eigenvalue weighted by molar-refractivity contribution is -0.126. The molecule has 1 aromatic heterocycles. The maximum Gasteiger partial charge on any atom is 0.321 e. The number of nitriles is 1. The Bertz CT molecular complexity index is 1440. The molecule has 39 heavy (non-hydrogen) atoms. The van der Waals surface area contributed by atoms with Gasteiger partial charge < -0.3 is 20.3 Å². The van der Waals surface area contributed by atoms with Gasteiger partial charge in [-0.2, -0.15) is 9.57 Å². The van der Waals surface area contributed by atoms with Gasteiger partial charge in [-0.25, -0.2) is 13.2 Å². The van der Waals surface area contributed by atoms with E-state index in [0.717, 1.165) is 9.87 Å².